The smallest absolute Gasteiger partial charge is 0.293 e. The monoisotopic (exact) mass is 272 g/mol. The van der Waals surface area contributed by atoms with Crippen molar-refractivity contribution < 1.29 is 0 Å². The molecule has 3 rings (SSSR count). The molecule has 1 aromatic carbocycles. The molecule has 0 saturated carbocycles. The van der Waals surface area contributed by atoms with Crippen molar-refractivity contribution in [2.75, 3.05) is 5.32 Å². The number of hydrogen-bond donors (Lipinski definition) is 1. The molecular formula is C13H12N4OS. The molecule has 0 atom stereocenters. The van der Waals surface area contributed by atoms with E-state index >= 15 is 0 Å². The summed E-state index contributed by atoms with van der Waals surface area (Å²) in [6, 6.07) is 5.84. The van der Waals surface area contributed by atoms with Crippen molar-refractivity contribution >= 4 is 33.1 Å². The second-order valence-corrected chi connectivity index (χ2v) is 5.47. The van der Waals surface area contributed by atoms with Crippen molar-refractivity contribution in [1.82, 2.24) is 14.5 Å². The van der Waals surface area contributed by atoms with E-state index in [4.69, 9.17) is 0 Å². The van der Waals surface area contributed by atoms with Crippen LogP contribution in [0.5, 0.6) is 0 Å². The summed E-state index contributed by atoms with van der Waals surface area (Å²) in [6.07, 6.45) is 3.22. The number of aromatic nitrogens is 3. The molecule has 2 heterocycles. The summed E-state index contributed by atoms with van der Waals surface area (Å²) >= 11 is 1.65. The van der Waals surface area contributed by atoms with Crippen LogP contribution in [-0.4, -0.2) is 14.5 Å². The standard InChI is InChI=1S/C13H12N4OS/c1-8-15-10-7-9(3-4-11(10)19-8)16-12-13(18)17(2)6-5-14-12/h3-7H,1-2H3,(H,14,16). The lowest BCUT2D eigenvalue weighted by atomic mass is 10.3. The predicted molar refractivity (Wildman–Crippen MR) is 77.1 cm³/mol. The van der Waals surface area contributed by atoms with Gasteiger partial charge in [0.05, 0.1) is 15.2 Å². The average Bonchev–Trinajstić information content (AvgIpc) is 2.74. The van der Waals surface area contributed by atoms with Crippen LogP contribution in [0.2, 0.25) is 0 Å². The van der Waals surface area contributed by atoms with Crippen molar-refractivity contribution in [3.05, 3.63) is 46.0 Å². The van der Waals surface area contributed by atoms with Gasteiger partial charge in [-0.1, -0.05) is 0 Å². The van der Waals surface area contributed by atoms with Gasteiger partial charge in [-0.15, -0.1) is 11.3 Å². The summed E-state index contributed by atoms with van der Waals surface area (Å²) in [5, 5.41) is 4.06. The van der Waals surface area contributed by atoms with Crippen molar-refractivity contribution in [3.63, 3.8) is 0 Å². The first-order chi connectivity index (χ1) is 9.13. The van der Waals surface area contributed by atoms with Gasteiger partial charge in [0.1, 0.15) is 0 Å². The Balaban J connectivity index is 2.01. The summed E-state index contributed by atoms with van der Waals surface area (Å²) in [5.41, 5.74) is 1.59. The van der Waals surface area contributed by atoms with E-state index in [1.165, 1.54) is 4.57 Å². The largest absolute Gasteiger partial charge is 0.336 e. The van der Waals surface area contributed by atoms with Crippen molar-refractivity contribution in [3.8, 4) is 0 Å². The number of nitrogens with zero attached hydrogens (tertiary/aromatic N) is 3. The minimum absolute atomic E-state index is 0.156. The van der Waals surface area contributed by atoms with Crippen LogP contribution in [0.3, 0.4) is 0 Å². The zero-order valence-corrected chi connectivity index (χ0v) is 11.4. The lowest BCUT2D eigenvalue weighted by molar-refractivity contribution is 0.845. The van der Waals surface area contributed by atoms with E-state index in [2.05, 4.69) is 15.3 Å². The third-order valence-electron chi connectivity index (χ3n) is 2.77. The van der Waals surface area contributed by atoms with Gasteiger partial charge in [-0.2, -0.15) is 0 Å². The molecule has 0 fully saturated rings. The van der Waals surface area contributed by atoms with Gasteiger partial charge >= 0.3 is 0 Å². The van der Waals surface area contributed by atoms with E-state index in [9.17, 15) is 4.79 Å². The molecule has 0 spiro atoms. The molecule has 0 saturated heterocycles. The van der Waals surface area contributed by atoms with Crippen LogP contribution in [0, 0.1) is 6.92 Å². The first-order valence-corrected chi connectivity index (χ1v) is 6.61. The molecule has 6 heteroatoms. The Labute approximate surface area is 113 Å². The van der Waals surface area contributed by atoms with Gasteiger partial charge in [-0.3, -0.25) is 4.79 Å². The summed E-state index contributed by atoms with van der Waals surface area (Å²) in [6.45, 7) is 1.98. The fourth-order valence-corrected chi connectivity index (χ4v) is 2.65. The summed E-state index contributed by atoms with van der Waals surface area (Å²) < 4.78 is 2.62. The maximum absolute atomic E-state index is 11.9. The summed E-state index contributed by atoms with van der Waals surface area (Å²) in [4.78, 5) is 20.4. The molecular weight excluding hydrogens is 260 g/mol. The van der Waals surface area contributed by atoms with Gasteiger partial charge in [0.15, 0.2) is 5.82 Å². The summed E-state index contributed by atoms with van der Waals surface area (Å²) in [5.74, 6) is 0.316. The van der Waals surface area contributed by atoms with Gasteiger partial charge in [0.25, 0.3) is 5.56 Å². The number of benzene rings is 1. The Morgan fingerprint density at radius 3 is 3.05 bits per heavy atom. The van der Waals surface area contributed by atoms with Crippen LogP contribution >= 0.6 is 11.3 Å². The molecule has 0 aliphatic rings. The third-order valence-corrected chi connectivity index (χ3v) is 3.73. The maximum atomic E-state index is 11.9. The number of thiazole rings is 1. The van der Waals surface area contributed by atoms with E-state index in [1.807, 2.05) is 25.1 Å². The molecule has 0 aliphatic carbocycles. The highest BCUT2D eigenvalue weighted by Gasteiger charge is 2.05. The van der Waals surface area contributed by atoms with Crippen LogP contribution in [0.25, 0.3) is 10.2 Å². The minimum atomic E-state index is -0.156. The fraction of sp³-hybridized carbons (Fsp3) is 0.154. The zero-order valence-electron chi connectivity index (χ0n) is 10.5. The topological polar surface area (TPSA) is 59.8 Å². The molecule has 2 aromatic heterocycles. The van der Waals surface area contributed by atoms with Crippen molar-refractivity contribution in [2.24, 2.45) is 7.05 Å². The Morgan fingerprint density at radius 2 is 2.21 bits per heavy atom. The van der Waals surface area contributed by atoms with Gasteiger partial charge < -0.3 is 9.88 Å². The minimum Gasteiger partial charge on any atom is -0.336 e. The van der Waals surface area contributed by atoms with E-state index in [0.29, 0.717) is 5.82 Å². The van der Waals surface area contributed by atoms with Crippen molar-refractivity contribution in [1.29, 1.82) is 0 Å². The third kappa shape index (κ3) is 2.22. The molecule has 0 bridgehead atoms. The van der Waals surface area contributed by atoms with Gasteiger partial charge in [0, 0.05) is 25.1 Å². The molecule has 96 valence electrons. The van der Waals surface area contributed by atoms with Crippen LogP contribution < -0.4 is 10.9 Å². The van der Waals surface area contributed by atoms with E-state index in [1.54, 1.807) is 30.8 Å². The first-order valence-electron chi connectivity index (χ1n) is 5.79. The van der Waals surface area contributed by atoms with E-state index in [-0.39, 0.29) is 5.56 Å². The van der Waals surface area contributed by atoms with Crippen LogP contribution in [-0.2, 0) is 7.05 Å². The lowest BCUT2D eigenvalue weighted by Gasteiger charge is -2.05. The molecule has 0 aliphatic heterocycles. The van der Waals surface area contributed by atoms with Gasteiger partial charge in [-0.25, -0.2) is 9.97 Å². The van der Waals surface area contributed by atoms with Crippen LogP contribution in [0.15, 0.2) is 35.4 Å². The fourth-order valence-electron chi connectivity index (χ4n) is 1.84. The van der Waals surface area contributed by atoms with Crippen LogP contribution in [0.4, 0.5) is 11.5 Å². The highest BCUT2D eigenvalue weighted by molar-refractivity contribution is 7.18. The quantitative estimate of drug-likeness (QED) is 0.778. The maximum Gasteiger partial charge on any atom is 0.293 e. The number of hydrogen-bond acceptors (Lipinski definition) is 5. The highest BCUT2D eigenvalue weighted by atomic mass is 32.1. The number of anilines is 2. The normalized spacial score (nSPS) is 10.8. The second-order valence-electron chi connectivity index (χ2n) is 4.23. The van der Waals surface area contributed by atoms with Crippen LogP contribution in [0.1, 0.15) is 5.01 Å². The Bertz CT molecular complexity index is 806. The first kappa shape index (κ1) is 11.9. The molecule has 19 heavy (non-hydrogen) atoms. The van der Waals surface area contributed by atoms with Gasteiger partial charge in [-0.05, 0) is 25.1 Å². The van der Waals surface area contributed by atoms with Crippen molar-refractivity contribution in [2.45, 2.75) is 6.92 Å². The molecule has 0 radical (unpaired) electrons. The van der Waals surface area contributed by atoms with E-state index in [0.717, 1.165) is 20.9 Å². The molecule has 1 N–H and O–H groups in total. The summed E-state index contributed by atoms with van der Waals surface area (Å²) in [7, 11) is 1.70. The average molecular weight is 272 g/mol. The number of fused-ring (bicyclic) bond motifs is 1. The molecule has 0 amide bonds. The molecule has 3 aromatic rings. The Morgan fingerprint density at radius 1 is 1.37 bits per heavy atom. The Hall–Kier alpha value is -2.21. The lowest BCUT2D eigenvalue weighted by Crippen LogP contribution is -2.20. The molecule has 5 nitrogen and oxygen atoms in total. The molecule has 0 unspecified atom stereocenters. The zero-order chi connectivity index (χ0) is 13.4. The number of nitrogens with one attached hydrogen (secondary N) is 1. The highest BCUT2D eigenvalue weighted by Crippen LogP contribution is 2.25. The predicted octanol–water partition coefficient (Wildman–Crippen LogP) is 2.44. The number of rotatable bonds is 2. The van der Waals surface area contributed by atoms with E-state index < -0.39 is 0 Å². The number of aryl methyl sites for hydroxylation is 2. The Kier molecular flexibility index (Phi) is 2.79. The second kappa shape index (κ2) is 4.47. The van der Waals surface area contributed by atoms with Gasteiger partial charge in [0.2, 0.25) is 0 Å². The SMILES string of the molecule is Cc1nc2cc(Nc3nccn(C)c3=O)ccc2s1.